The topological polar surface area (TPSA) is 65.0 Å². The predicted molar refractivity (Wildman–Crippen MR) is 124 cm³/mol. The van der Waals surface area contributed by atoms with Crippen LogP contribution in [0.1, 0.15) is 32.3 Å². The number of nitrogens with zero attached hydrogens (tertiary/aromatic N) is 2. The van der Waals surface area contributed by atoms with Crippen LogP contribution >= 0.6 is 15.9 Å². The number of para-hydroxylation sites is 1. The molecule has 3 rings (SSSR count). The monoisotopic (exact) mass is 438 g/mol. The smallest absolute Gasteiger partial charge is 0.173 e. The minimum atomic E-state index is -0.0119. The molecular formula is C23H27BrN4. The molecule has 4 nitrogen and oxygen atoms in total. The summed E-state index contributed by atoms with van der Waals surface area (Å²) in [6.07, 6.45) is 6.20. The van der Waals surface area contributed by atoms with E-state index in [-0.39, 0.29) is 5.84 Å². The molecule has 0 radical (unpaired) electrons. The Bertz CT molecular complexity index is 1010. The summed E-state index contributed by atoms with van der Waals surface area (Å²) in [6, 6.07) is 14.2. The molecule has 0 unspecified atom stereocenters. The maximum atomic E-state index is 7.79. The first kappa shape index (κ1) is 21.8. The van der Waals surface area contributed by atoms with Gasteiger partial charge in [-0.3, -0.25) is 5.41 Å². The summed E-state index contributed by atoms with van der Waals surface area (Å²) in [7, 11) is 0. The Morgan fingerprint density at radius 1 is 1.14 bits per heavy atom. The van der Waals surface area contributed by atoms with Crippen molar-refractivity contribution in [3.05, 3.63) is 72.3 Å². The van der Waals surface area contributed by atoms with Crippen LogP contribution < -0.4 is 0 Å². The summed E-state index contributed by atoms with van der Waals surface area (Å²) in [5, 5.41) is 14.2. The van der Waals surface area contributed by atoms with Crippen LogP contribution in [0, 0.1) is 10.9 Å². The van der Waals surface area contributed by atoms with Crippen molar-refractivity contribution in [1.82, 2.24) is 4.57 Å². The molecule has 0 aliphatic carbocycles. The summed E-state index contributed by atoms with van der Waals surface area (Å²) < 4.78 is 2.33. The molecule has 28 heavy (non-hydrogen) atoms. The number of hydrogen-bond donors (Lipinski definition) is 2. The van der Waals surface area contributed by atoms with Crippen molar-refractivity contribution in [2.75, 3.05) is 5.33 Å². The second-order valence-electron chi connectivity index (χ2n) is 6.36. The van der Waals surface area contributed by atoms with E-state index in [2.05, 4.69) is 70.3 Å². The Morgan fingerprint density at radius 3 is 2.43 bits per heavy atom. The van der Waals surface area contributed by atoms with Crippen LogP contribution in [-0.4, -0.2) is 15.7 Å². The van der Waals surface area contributed by atoms with Crippen LogP contribution in [0.15, 0.2) is 71.9 Å². The van der Waals surface area contributed by atoms with Gasteiger partial charge in [0.05, 0.1) is 0 Å². The van der Waals surface area contributed by atoms with E-state index in [0.29, 0.717) is 5.56 Å². The average Bonchev–Trinajstić information content (AvgIpc) is 3.06. The molecule has 1 aromatic heterocycles. The van der Waals surface area contributed by atoms with Crippen molar-refractivity contribution >= 4 is 43.6 Å². The van der Waals surface area contributed by atoms with Crippen molar-refractivity contribution in [3.63, 3.8) is 0 Å². The van der Waals surface area contributed by atoms with Gasteiger partial charge in [0.1, 0.15) is 0 Å². The zero-order valence-corrected chi connectivity index (χ0v) is 18.1. The third-order valence-corrected chi connectivity index (χ3v) is 4.95. The Kier molecular flexibility index (Phi) is 8.33. The number of allylic oxidation sites excluding steroid dienone is 3. The van der Waals surface area contributed by atoms with Crippen molar-refractivity contribution in [3.8, 4) is 0 Å². The van der Waals surface area contributed by atoms with Crippen LogP contribution in [0.5, 0.6) is 0 Å². The van der Waals surface area contributed by atoms with Crippen molar-refractivity contribution in [2.24, 2.45) is 5.11 Å². The second-order valence-corrected chi connectivity index (χ2v) is 7.01. The maximum absolute atomic E-state index is 7.79. The summed E-state index contributed by atoms with van der Waals surface area (Å²) >= 11 is 3.49. The Morgan fingerprint density at radius 2 is 1.82 bits per heavy atom. The highest BCUT2D eigenvalue weighted by Crippen LogP contribution is 2.31. The largest absolute Gasteiger partial charge is 0.336 e. The van der Waals surface area contributed by atoms with Crippen molar-refractivity contribution in [1.29, 1.82) is 10.9 Å². The molecule has 3 aromatic rings. The van der Waals surface area contributed by atoms with E-state index in [1.807, 2.05) is 30.3 Å². The lowest BCUT2D eigenvalue weighted by atomic mass is 10.1. The van der Waals surface area contributed by atoms with Gasteiger partial charge in [-0.25, -0.2) is 5.53 Å². The van der Waals surface area contributed by atoms with Crippen molar-refractivity contribution < 1.29 is 0 Å². The molecule has 0 saturated carbocycles. The predicted octanol–water partition coefficient (Wildman–Crippen LogP) is 7.46. The van der Waals surface area contributed by atoms with E-state index < -0.39 is 0 Å². The lowest BCUT2D eigenvalue weighted by molar-refractivity contribution is 0.809. The zero-order chi connectivity index (χ0) is 20.5. The third-order valence-electron chi connectivity index (χ3n) is 4.63. The molecule has 0 aliphatic heterocycles. The molecule has 5 heteroatoms. The molecule has 0 bridgehead atoms. The van der Waals surface area contributed by atoms with Crippen LogP contribution in [0.3, 0.4) is 0 Å². The molecular weight excluding hydrogens is 412 g/mol. The van der Waals surface area contributed by atoms with E-state index >= 15 is 0 Å². The lowest BCUT2D eigenvalue weighted by Gasteiger charge is -2.10. The van der Waals surface area contributed by atoms with Crippen LogP contribution in [-0.2, 0) is 6.54 Å². The Balaban J connectivity index is 0.000000640. The lowest BCUT2D eigenvalue weighted by Crippen LogP contribution is -2.01. The number of fused-ring (bicyclic) bond motifs is 3. The summed E-state index contributed by atoms with van der Waals surface area (Å²) in [4.78, 5) is 0. The van der Waals surface area contributed by atoms with Gasteiger partial charge in [0.15, 0.2) is 5.84 Å². The molecule has 0 amide bonds. The highest BCUT2D eigenvalue weighted by atomic mass is 79.9. The third kappa shape index (κ3) is 4.84. The highest BCUT2D eigenvalue weighted by Gasteiger charge is 2.12. The number of aromatic nitrogens is 1. The van der Waals surface area contributed by atoms with Gasteiger partial charge in [-0.1, -0.05) is 65.7 Å². The first-order valence-electron chi connectivity index (χ1n) is 9.43. The molecule has 0 spiro atoms. The van der Waals surface area contributed by atoms with Gasteiger partial charge in [0.2, 0.25) is 0 Å². The fraction of sp³-hybridized carbons (Fsp3) is 0.261. The first-order chi connectivity index (χ1) is 13.6. The molecule has 0 atom stereocenters. The maximum Gasteiger partial charge on any atom is 0.173 e. The molecule has 146 valence electrons. The number of benzene rings is 2. The minimum Gasteiger partial charge on any atom is -0.336 e. The van der Waals surface area contributed by atoms with Gasteiger partial charge in [-0.15, -0.1) is 11.7 Å². The number of alkyl halides is 1. The molecule has 2 aromatic carbocycles. The van der Waals surface area contributed by atoms with Crippen LogP contribution in [0.2, 0.25) is 0 Å². The van der Waals surface area contributed by atoms with E-state index in [0.717, 1.165) is 35.6 Å². The number of amidine groups is 1. The summed E-state index contributed by atoms with van der Waals surface area (Å²) in [5.74, 6) is -0.0119. The van der Waals surface area contributed by atoms with Gasteiger partial charge in [-0.2, -0.15) is 0 Å². The first-order valence-corrected chi connectivity index (χ1v) is 10.5. The molecule has 0 aliphatic rings. The van der Waals surface area contributed by atoms with E-state index in [9.17, 15) is 0 Å². The summed E-state index contributed by atoms with van der Waals surface area (Å²) in [5.41, 5.74) is 11.5. The second kappa shape index (κ2) is 10.7. The summed E-state index contributed by atoms with van der Waals surface area (Å²) in [6.45, 7) is 8.57. The molecule has 0 fully saturated rings. The number of hydrogen-bond acceptors (Lipinski definition) is 2. The Labute approximate surface area is 175 Å². The van der Waals surface area contributed by atoms with Gasteiger partial charge in [0, 0.05) is 39.2 Å². The van der Waals surface area contributed by atoms with Crippen molar-refractivity contribution in [2.45, 2.75) is 33.2 Å². The standard InChI is InChI=1S/C19H19BrN4.C4H8/c1-2-13(9-10-20)12-24-17-6-4-3-5-15(17)16-11-14(19(21)23-22)7-8-18(16)24;1-3-4-2/h3-9,11,21-22H,2,10,12H2,1H3;3H,1,4H2,2H3/b13-9+,21-19?,23-22?;. The van der Waals surface area contributed by atoms with E-state index in [4.69, 9.17) is 10.9 Å². The van der Waals surface area contributed by atoms with E-state index in [1.165, 1.54) is 16.5 Å². The Hall–Kier alpha value is -2.53. The van der Waals surface area contributed by atoms with Gasteiger partial charge < -0.3 is 4.57 Å². The minimum absolute atomic E-state index is 0.0119. The normalized spacial score (nSPS) is 11.2. The fourth-order valence-electron chi connectivity index (χ4n) is 3.07. The van der Waals surface area contributed by atoms with Gasteiger partial charge in [0.25, 0.3) is 0 Å². The van der Waals surface area contributed by atoms with Gasteiger partial charge >= 0.3 is 0 Å². The SMILES string of the molecule is C=CCC.CC/C(=C\CBr)Cn1c2ccccc2c2cc(C(=N)N=N)ccc21. The number of nitrogens with one attached hydrogen (secondary N) is 2. The van der Waals surface area contributed by atoms with Crippen LogP contribution in [0.25, 0.3) is 21.8 Å². The number of rotatable bonds is 6. The molecule has 0 saturated heterocycles. The molecule has 2 N–H and O–H groups in total. The number of halogens is 1. The highest BCUT2D eigenvalue weighted by molar-refractivity contribution is 9.09. The molecule has 1 heterocycles. The quantitative estimate of drug-likeness (QED) is 0.132. The van der Waals surface area contributed by atoms with Gasteiger partial charge in [-0.05, 0) is 37.1 Å². The van der Waals surface area contributed by atoms with Crippen LogP contribution in [0.4, 0.5) is 0 Å². The van der Waals surface area contributed by atoms with E-state index in [1.54, 1.807) is 0 Å². The average molecular weight is 439 g/mol. The fourth-order valence-corrected chi connectivity index (χ4v) is 3.53. The zero-order valence-electron chi connectivity index (χ0n) is 16.5.